The van der Waals surface area contributed by atoms with Gasteiger partial charge in [-0.3, -0.25) is 0 Å². The normalized spacial score (nSPS) is 30.3. The number of rotatable bonds is 1. The van der Waals surface area contributed by atoms with Crippen LogP contribution < -0.4 is 0 Å². The van der Waals surface area contributed by atoms with E-state index >= 15 is 0 Å². The van der Waals surface area contributed by atoms with Crippen molar-refractivity contribution >= 4 is 0 Å². The summed E-state index contributed by atoms with van der Waals surface area (Å²) in [5, 5.41) is 10.7. The lowest BCUT2D eigenvalue weighted by Crippen LogP contribution is -2.39. The molecule has 0 spiro atoms. The zero-order valence-corrected chi connectivity index (χ0v) is 9.83. The van der Waals surface area contributed by atoms with Gasteiger partial charge in [0, 0.05) is 0 Å². The number of aliphatic hydroxyl groups is 1. The third-order valence-electron chi connectivity index (χ3n) is 3.81. The number of hydrogen-bond acceptors (Lipinski definition) is 1. The highest BCUT2D eigenvalue weighted by Crippen LogP contribution is 2.42. The van der Waals surface area contributed by atoms with Crippen molar-refractivity contribution < 1.29 is 5.11 Å². The highest BCUT2D eigenvalue weighted by Gasteiger charge is 2.39. The molecule has 1 aromatic carbocycles. The van der Waals surface area contributed by atoms with E-state index in [0.29, 0.717) is 11.8 Å². The molecule has 1 aliphatic carbocycles. The molecule has 2 atom stereocenters. The fourth-order valence-corrected chi connectivity index (χ4v) is 3.01. The van der Waals surface area contributed by atoms with E-state index in [4.69, 9.17) is 0 Å². The van der Waals surface area contributed by atoms with Gasteiger partial charge < -0.3 is 5.11 Å². The molecule has 0 aliphatic heterocycles. The van der Waals surface area contributed by atoms with E-state index in [1.54, 1.807) is 0 Å². The van der Waals surface area contributed by atoms with Crippen LogP contribution in [0.2, 0.25) is 0 Å². The fraction of sp³-hybridized carbons (Fsp3) is 0.571. The summed E-state index contributed by atoms with van der Waals surface area (Å²) in [6.45, 7) is 6.37. The molecule has 0 heterocycles. The summed E-state index contributed by atoms with van der Waals surface area (Å²) in [6.07, 6.45) is 2.21. The van der Waals surface area contributed by atoms with Crippen LogP contribution in [-0.2, 0) is 12.0 Å². The average molecular weight is 204 g/mol. The molecular formula is C14H20O. The summed E-state index contributed by atoms with van der Waals surface area (Å²) < 4.78 is 0. The Morgan fingerprint density at radius 1 is 1.33 bits per heavy atom. The molecule has 82 valence electrons. The molecule has 15 heavy (non-hydrogen) atoms. The predicted molar refractivity (Wildman–Crippen MR) is 62.7 cm³/mol. The number of fused-ring (bicyclic) bond motifs is 1. The molecule has 1 aromatic rings. The van der Waals surface area contributed by atoms with Crippen LogP contribution >= 0.6 is 0 Å². The number of hydrogen-bond donors (Lipinski definition) is 1. The van der Waals surface area contributed by atoms with E-state index in [0.717, 1.165) is 18.4 Å². The van der Waals surface area contributed by atoms with Gasteiger partial charge in [0.15, 0.2) is 0 Å². The maximum Gasteiger partial charge on any atom is 0.0901 e. The molecule has 2 rings (SSSR count). The summed E-state index contributed by atoms with van der Waals surface area (Å²) in [4.78, 5) is 0. The zero-order valence-electron chi connectivity index (χ0n) is 9.83. The summed E-state index contributed by atoms with van der Waals surface area (Å²) in [7, 11) is 0. The van der Waals surface area contributed by atoms with Crippen molar-refractivity contribution in [1.29, 1.82) is 0 Å². The summed E-state index contributed by atoms with van der Waals surface area (Å²) in [5.41, 5.74) is 1.80. The van der Waals surface area contributed by atoms with Gasteiger partial charge in [-0.2, -0.15) is 0 Å². The standard InChI is InChI=1S/C14H20O/c1-10(2)12-9-8-11-6-4-5-7-13(11)14(12,3)15/h4-7,10,12,15H,8-9H2,1-3H3. The second-order valence-electron chi connectivity index (χ2n) is 5.19. The number of aryl methyl sites for hydroxylation is 1. The minimum Gasteiger partial charge on any atom is -0.385 e. The van der Waals surface area contributed by atoms with Gasteiger partial charge in [0.25, 0.3) is 0 Å². The van der Waals surface area contributed by atoms with Crippen molar-refractivity contribution in [3.8, 4) is 0 Å². The Labute approximate surface area is 92.1 Å². The van der Waals surface area contributed by atoms with E-state index in [2.05, 4.69) is 32.0 Å². The average Bonchev–Trinajstić information content (AvgIpc) is 2.17. The number of benzene rings is 1. The first kappa shape index (κ1) is 10.7. The molecule has 0 fully saturated rings. The first-order chi connectivity index (χ1) is 7.03. The molecule has 1 N–H and O–H groups in total. The molecule has 1 nitrogen and oxygen atoms in total. The lowest BCUT2D eigenvalue weighted by Gasteiger charge is -2.41. The van der Waals surface area contributed by atoms with Gasteiger partial charge in [-0.1, -0.05) is 38.1 Å². The molecule has 0 saturated heterocycles. The van der Waals surface area contributed by atoms with Gasteiger partial charge in [0.1, 0.15) is 0 Å². The highest BCUT2D eigenvalue weighted by atomic mass is 16.3. The monoisotopic (exact) mass is 204 g/mol. The van der Waals surface area contributed by atoms with Crippen LogP contribution in [0.5, 0.6) is 0 Å². The highest BCUT2D eigenvalue weighted by molar-refractivity contribution is 5.35. The fourth-order valence-electron chi connectivity index (χ4n) is 3.01. The first-order valence-corrected chi connectivity index (χ1v) is 5.84. The van der Waals surface area contributed by atoms with E-state index in [1.807, 2.05) is 13.0 Å². The van der Waals surface area contributed by atoms with Crippen LogP contribution in [0.3, 0.4) is 0 Å². The molecule has 0 saturated carbocycles. The lowest BCUT2D eigenvalue weighted by atomic mass is 9.68. The molecular weight excluding hydrogens is 184 g/mol. The second kappa shape index (κ2) is 3.64. The van der Waals surface area contributed by atoms with Crippen LogP contribution in [0.25, 0.3) is 0 Å². The van der Waals surface area contributed by atoms with Crippen LogP contribution in [-0.4, -0.2) is 5.11 Å². The Bertz CT molecular complexity index is 352. The minimum absolute atomic E-state index is 0.382. The summed E-state index contributed by atoms with van der Waals surface area (Å²) in [6, 6.07) is 8.30. The van der Waals surface area contributed by atoms with Gasteiger partial charge >= 0.3 is 0 Å². The van der Waals surface area contributed by atoms with Crippen molar-refractivity contribution in [2.75, 3.05) is 0 Å². The largest absolute Gasteiger partial charge is 0.385 e. The van der Waals surface area contributed by atoms with Crippen molar-refractivity contribution in [2.45, 2.75) is 39.2 Å². The van der Waals surface area contributed by atoms with Crippen LogP contribution in [0.1, 0.15) is 38.3 Å². The van der Waals surface area contributed by atoms with Crippen molar-refractivity contribution in [3.05, 3.63) is 35.4 Å². The van der Waals surface area contributed by atoms with Crippen molar-refractivity contribution in [1.82, 2.24) is 0 Å². The van der Waals surface area contributed by atoms with Crippen molar-refractivity contribution in [2.24, 2.45) is 11.8 Å². The van der Waals surface area contributed by atoms with Crippen LogP contribution in [0.4, 0.5) is 0 Å². The zero-order chi connectivity index (χ0) is 11.1. The van der Waals surface area contributed by atoms with Gasteiger partial charge in [-0.05, 0) is 42.7 Å². The smallest absolute Gasteiger partial charge is 0.0901 e. The van der Waals surface area contributed by atoms with E-state index < -0.39 is 5.60 Å². The SMILES string of the molecule is CC(C)C1CCc2ccccc2C1(C)O. The first-order valence-electron chi connectivity index (χ1n) is 5.84. The predicted octanol–water partition coefficient (Wildman–Crippen LogP) is 3.11. The topological polar surface area (TPSA) is 20.2 Å². The summed E-state index contributed by atoms with van der Waals surface area (Å²) in [5.74, 6) is 0.917. The molecule has 1 aliphatic rings. The lowest BCUT2D eigenvalue weighted by molar-refractivity contribution is -0.0372. The Morgan fingerprint density at radius 3 is 2.67 bits per heavy atom. The maximum absolute atomic E-state index is 10.7. The Balaban J connectivity index is 2.44. The molecule has 0 radical (unpaired) electrons. The van der Waals surface area contributed by atoms with E-state index in [9.17, 15) is 5.11 Å². The van der Waals surface area contributed by atoms with Crippen LogP contribution in [0, 0.1) is 11.8 Å². The molecule has 1 heteroatoms. The van der Waals surface area contributed by atoms with Gasteiger partial charge in [-0.15, -0.1) is 0 Å². The molecule has 0 amide bonds. The molecule has 2 unspecified atom stereocenters. The quantitative estimate of drug-likeness (QED) is 0.745. The Kier molecular flexibility index (Phi) is 2.59. The van der Waals surface area contributed by atoms with Crippen LogP contribution in [0.15, 0.2) is 24.3 Å². The third-order valence-corrected chi connectivity index (χ3v) is 3.81. The maximum atomic E-state index is 10.7. The van der Waals surface area contributed by atoms with Gasteiger partial charge in [0.05, 0.1) is 5.60 Å². The Morgan fingerprint density at radius 2 is 2.00 bits per heavy atom. The van der Waals surface area contributed by atoms with E-state index in [-0.39, 0.29) is 0 Å². The van der Waals surface area contributed by atoms with Gasteiger partial charge in [0.2, 0.25) is 0 Å². The molecule has 0 bridgehead atoms. The minimum atomic E-state index is -0.650. The van der Waals surface area contributed by atoms with Crippen molar-refractivity contribution in [3.63, 3.8) is 0 Å². The molecule has 0 aromatic heterocycles. The third kappa shape index (κ3) is 1.69. The second-order valence-corrected chi connectivity index (χ2v) is 5.19. The Hall–Kier alpha value is -0.820. The van der Waals surface area contributed by atoms with Gasteiger partial charge in [-0.25, -0.2) is 0 Å². The summed E-state index contributed by atoms with van der Waals surface area (Å²) >= 11 is 0. The van der Waals surface area contributed by atoms with E-state index in [1.165, 1.54) is 5.56 Å².